The molecule has 1 aliphatic heterocycles. The highest BCUT2D eigenvalue weighted by Gasteiger charge is 2.39. The van der Waals surface area contributed by atoms with Crippen LogP contribution in [0.25, 0.3) is 0 Å². The maximum absolute atomic E-state index is 12.0. The molecule has 0 aromatic carbocycles. The molecule has 0 radical (unpaired) electrons. The number of carbonyl (C=O) groups excluding carboxylic acids is 3. The summed E-state index contributed by atoms with van der Waals surface area (Å²) < 4.78 is 14.3. The fourth-order valence-electron chi connectivity index (χ4n) is 1.44. The van der Waals surface area contributed by atoms with Crippen molar-refractivity contribution in [3.05, 3.63) is 0 Å². The molecule has 1 rings (SSSR count). The van der Waals surface area contributed by atoms with Gasteiger partial charge in [0, 0.05) is 5.75 Å². The Morgan fingerprint density at radius 2 is 1.95 bits per heavy atom. The molecule has 114 valence electrons. The van der Waals surface area contributed by atoms with Gasteiger partial charge in [-0.05, 0) is 27.7 Å². The molecule has 1 saturated heterocycles. The van der Waals surface area contributed by atoms with Gasteiger partial charge in [-0.15, -0.1) is 11.8 Å². The van der Waals surface area contributed by atoms with Crippen molar-refractivity contribution >= 4 is 30.0 Å². The number of amides is 1. The van der Waals surface area contributed by atoms with Crippen molar-refractivity contribution in [2.45, 2.75) is 39.3 Å². The Balaban J connectivity index is 2.62. The van der Waals surface area contributed by atoms with Crippen molar-refractivity contribution in [1.82, 2.24) is 4.90 Å². The molecule has 0 spiro atoms. The van der Waals surface area contributed by atoms with E-state index in [0.717, 1.165) is 0 Å². The van der Waals surface area contributed by atoms with Gasteiger partial charge >= 0.3 is 18.2 Å². The van der Waals surface area contributed by atoms with Crippen LogP contribution in [0, 0.1) is 0 Å². The fourth-order valence-corrected chi connectivity index (χ4v) is 2.56. The van der Waals surface area contributed by atoms with E-state index < -0.39 is 29.9 Å². The number of carbonyl (C=O) groups is 3. The number of nitrogens with zero attached hydrogens (tertiary/aromatic N) is 1. The standard InChI is InChI=1S/C12H19NO6S/c1-5-17-11(16)18-9(14)8-6-20-7-13(8)10(15)19-12(2,3)4/h8H,5-7H2,1-4H3/t8-/m0/s1. The second-order valence-electron chi connectivity index (χ2n) is 5.07. The zero-order valence-electron chi connectivity index (χ0n) is 12.0. The quantitative estimate of drug-likeness (QED) is 0.570. The molecule has 20 heavy (non-hydrogen) atoms. The maximum Gasteiger partial charge on any atom is 0.516 e. The lowest BCUT2D eigenvalue weighted by Crippen LogP contribution is -2.45. The lowest BCUT2D eigenvalue weighted by atomic mass is 10.2. The fraction of sp³-hybridized carbons (Fsp3) is 0.750. The van der Waals surface area contributed by atoms with Gasteiger partial charge in [0.2, 0.25) is 0 Å². The summed E-state index contributed by atoms with van der Waals surface area (Å²) in [6.45, 7) is 6.92. The van der Waals surface area contributed by atoms with Crippen LogP contribution in [-0.2, 0) is 19.0 Å². The average Bonchev–Trinajstić information content (AvgIpc) is 2.75. The van der Waals surface area contributed by atoms with Gasteiger partial charge in [-0.3, -0.25) is 4.90 Å². The highest BCUT2D eigenvalue weighted by atomic mass is 32.2. The first-order valence-corrected chi connectivity index (χ1v) is 7.36. The van der Waals surface area contributed by atoms with Crippen LogP contribution in [0.1, 0.15) is 27.7 Å². The largest absolute Gasteiger partial charge is 0.516 e. The van der Waals surface area contributed by atoms with E-state index in [-0.39, 0.29) is 6.61 Å². The van der Waals surface area contributed by atoms with Crippen LogP contribution in [0.3, 0.4) is 0 Å². The van der Waals surface area contributed by atoms with Crippen molar-refractivity contribution in [3.8, 4) is 0 Å². The summed E-state index contributed by atoms with van der Waals surface area (Å²) in [5.74, 6) is -0.131. The predicted molar refractivity (Wildman–Crippen MR) is 72.3 cm³/mol. The second-order valence-corrected chi connectivity index (χ2v) is 6.07. The molecular formula is C12H19NO6S. The van der Waals surface area contributed by atoms with Gasteiger partial charge in [0.15, 0.2) is 0 Å². The molecule has 0 bridgehead atoms. The van der Waals surface area contributed by atoms with Crippen LogP contribution >= 0.6 is 11.8 Å². The highest BCUT2D eigenvalue weighted by Crippen LogP contribution is 2.24. The number of hydrogen-bond acceptors (Lipinski definition) is 7. The number of hydrogen-bond donors (Lipinski definition) is 0. The maximum atomic E-state index is 12.0. The van der Waals surface area contributed by atoms with Gasteiger partial charge in [0.05, 0.1) is 12.5 Å². The van der Waals surface area contributed by atoms with E-state index in [1.54, 1.807) is 27.7 Å². The van der Waals surface area contributed by atoms with E-state index in [9.17, 15) is 14.4 Å². The van der Waals surface area contributed by atoms with Crippen molar-refractivity contribution in [3.63, 3.8) is 0 Å². The van der Waals surface area contributed by atoms with E-state index >= 15 is 0 Å². The van der Waals surface area contributed by atoms with Crippen LogP contribution in [0.4, 0.5) is 9.59 Å². The van der Waals surface area contributed by atoms with Crippen LogP contribution in [0.2, 0.25) is 0 Å². The molecule has 8 heteroatoms. The third kappa shape index (κ3) is 4.92. The Bertz CT molecular complexity index is 392. The van der Waals surface area contributed by atoms with E-state index in [1.807, 2.05) is 0 Å². The minimum absolute atomic E-state index is 0.112. The van der Waals surface area contributed by atoms with Crippen molar-refractivity contribution in [2.24, 2.45) is 0 Å². The first-order chi connectivity index (χ1) is 9.24. The number of rotatable bonds is 2. The van der Waals surface area contributed by atoms with Crippen molar-refractivity contribution < 1.29 is 28.6 Å². The minimum atomic E-state index is -1.06. The lowest BCUT2D eigenvalue weighted by molar-refractivity contribution is -0.144. The smallest absolute Gasteiger partial charge is 0.444 e. The molecule has 0 aliphatic carbocycles. The van der Waals surface area contributed by atoms with Crippen LogP contribution in [0.5, 0.6) is 0 Å². The van der Waals surface area contributed by atoms with Crippen LogP contribution in [-0.4, -0.2) is 53.0 Å². The average molecular weight is 305 g/mol. The SMILES string of the molecule is CCOC(=O)OC(=O)[C@@H]1CSCN1C(=O)OC(C)(C)C. The zero-order chi connectivity index (χ0) is 15.3. The van der Waals surface area contributed by atoms with Gasteiger partial charge in [0.1, 0.15) is 11.6 Å². The topological polar surface area (TPSA) is 82.1 Å². The summed E-state index contributed by atoms with van der Waals surface area (Å²) in [6.07, 6.45) is -1.66. The van der Waals surface area contributed by atoms with Gasteiger partial charge in [-0.2, -0.15) is 0 Å². The summed E-state index contributed by atoms with van der Waals surface area (Å²) >= 11 is 1.39. The van der Waals surface area contributed by atoms with Crippen molar-refractivity contribution in [2.75, 3.05) is 18.2 Å². The summed E-state index contributed by atoms with van der Waals surface area (Å²) in [4.78, 5) is 36.1. The Morgan fingerprint density at radius 1 is 1.30 bits per heavy atom. The van der Waals surface area contributed by atoms with E-state index in [4.69, 9.17) is 4.74 Å². The molecule has 0 N–H and O–H groups in total. The second kappa shape index (κ2) is 6.83. The zero-order valence-corrected chi connectivity index (χ0v) is 12.8. The number of esters is 1. The minimum Gasteiger partial charge on any atom is -0.444 e. The van der Waals surface area contributed by atoms with Crippen molar-refractivity contribution in [1.29, 1.82) is 0 Å². The normalized spacial score (nSPS) is 18.6. The highest BCUT2D eigenvalue weighted by molar-refractivity contribution is 7.99. The molecular weight excluding hydrogens is 286 g/mol. The Hall–Kier alpha value is -1.44. The van der Waals surface area contributed by atoms with Gasteiger partial charge in [0.25, 0.3) is 0 Å². The Morgan fingerprint density at radius 3 is 2.50 bits per heavy atom. The van der Waals surface area contributed by atoms with E-state index in [1.165, 1.54) is 16.7 Å². The number of ether oxygens (including phenoxy) is 3. The summed E-state index contributed by atoms with van der Waals surface area (Å²) in [6, 6.07) is -0.834. The summed E-state index contributed by atoms with van der Waals surface area (Å²) in [5.41, 5.74) is -0.653. The first-order valence-electron chi connectivity index (χ1n) is 6.20. The molecule has 1 atom stereocenters. The van der Waals surface area contributed by atoms with Gasteiger partial charge in [-0.25, -0.2) is 14.4 Å². The van der Waals surface area contributed by atoms with E-state index in [2.05, 4.69) is 9.47 Å². The third-order valence-electron chi connectivity index (χ3n) is 2.23. The molecule has 1 fully saturated rings. The molecule has 0 aromatic rings. The van der Waals surface area contributed by atoms with Gasteiger partial charge < -0.3 is 14.2 Å². The number of thioether (sulfide) groups is 1. The molecule has 0 aromatic heterocycles. The first kappa shape index (κ1) is 16.6. The van der Waals surface area contributed by atoms with E-state index in [0.29, 0.717) is 11.6 Å². The molecule has 0 unspecified atom stereocenters. The Labute approximate surface area is 121 Å². The lowest BCUT2D eigenvalue weighted by Gasteiger charge is -2.26. The Kier molecular flexibility index (Phi) is 5.67. The molecule has 7 nitrogen and oxygen atoms in total. The monoisotopic (exact) mass is 305 g/mol. The molecule has 0 saturated carbocycles. The third-order valence-corrected chi connectivity index (χ3v) is 3.24. The molecule has 1 aliphatic rings. The summed E-state index contributed by atoms with van der Waals surface area (Å²) in [5, 5.41) is 0. The predicted octanol–water partition coefficient (Wildman–Crippen LogP) is 2.00. The molecule has 1 amide bonds. The summed E-state index contributed by atoms with van der Waals surface area (Å²) in [7, 11) is 0. The van der Waals surface area contributed by atoms with Gasteiger partial charge in [-0.1, -0.05) is 0 Å². The molecule has 1 heterocycles. The van der Waals surface area contributed by atoms with Crippen LogP contribution < -0.4 is 0 Å². The van der Waals surface area contributed by atoms with Crippen LogP contribution in [0.15, 0.2) is 0 Å².